The summed E-state index contributed by atoms with van der Waals surface area (Å²) < 4.78 is 1.04. The number of para-hydroxylation sites is 1. The van der Waals surface area contributed by atoms with E-state index < -0.39 is 0 Å². The molecule has 2 aromatic carbocycles. The van der Waals surface area contributed by atoms with Crippen molar-refractivity contribution in [3.8, 4) is 0 Å². The van der Waals surface area contributed by atoms with Gasteiger partial charge in [0.2, 0.25) is 5.91 Å². The number of amides is 1. The lowest BCUT2D eigenvalue weighted by Crippen LogP contribution is -2.30. The maximum absolute atomic E-state index is 12.5. The van der Waals surface area contributed by atoms with Crippen molar-refractivity contribution in [2.24, 2.45) is 0 Å². The predicted molar refractivity (Wildman–Crippen MR) is 85.1 cm³/mol. The Hall–Kier alpha value is -1.61. The molecule has 0 radical (unpaired) electrons. The zero-order chi connectivity index (χ0) is 14.1. The van der Waals surface area contributed by atoms with E-state index >= 15 is 0 Å². The summed E-state index contributed by atoms with van der Waals surface area (Å²) in [4.78, 5) is 14.5. The van der Waals surface area contributed by atoms with E-state index in [0.717, 1.165) is 28.7 Å². The van der Waals surface area contributed by atoms with Crippen LogP contribution in [0.3, 0.4) is 0 Å². The first-order valence-electron chi connectivity index (χ1n) is 6.78. The topological polar surface area (TPSA) is 20.3 Å². The molecule has 0 N–H and O–H groups in total. The average molecular weight is 330 g/mol. The number of benzene rings is 2. The highest BCUT2D eigenvalue weighted by molar-refractivity contribution is 9.10. The van der Waals surface area contributed by atoms with E-state index in [4.69, 9.17) is 0 Å². The molecule has 0 saturated heterocycles. The molecule has 102 valence electrons. The molecule has 0 atom stereocenters. The van der Waals surface area contributed by atoms with Crippen LogP contribution < -0.4 is 4.90 Å². The third-order valence-corrected chi connectivity index (χ3v) is 4.29. The van der Waals surface area contributed by atoms with E-state index in [9.17, 15) is 4.79 Å². The summed E-state index contributed by atoms with van der Waals surface area (Å²) in [6.07, 6.45) is 1.42. The second-order valence-corrected chi connectivity index (χ2v) is 6.10. The molecule has 0 spiro atoms. The predicted octanol–water partition coefficient (Wildman–Crippen LogP) is 3.89. The van der Waals surface area contributed by atoms with Gasteiger partial charge in [-0.25, -0.2) is 0 Å². The minimum atomic E-state index is 0.181. The number of nitrogens with zero attached hydrogens (tertiary/aromatic N) is 1. The number of hydrogen-bond acceptors (Lipinski definition) is 1. The second-order valence-electron chi connectivity index (χ2n) is 5.18. The zero-order valence-corrected chi connectivity index (χ0v) is 13.0. The summed E-state index contributed by atoms with van der Waals surface area (Å²) in [7, 11) is 0. The highest BCUT2D eigenvalue weighted by Crippen LogP contribution is 2.31. The van der Waals surface area contributed by atoms with E-state index in [1.165, 1.54) is 11.1 Å². The van der Waals surface area contributed by atoms with Gasteiger partial charge in [0, 0.05) is 16.7 Å². The van der Waals surface area contributed by atoms with Gasteiger partial charge in [-0.3, -0.25) is 4.79 Å². The summed E-state index contributed by atoms with van der Waals surface area (Å²) in [5.74, 6) is 0.181. The van der Waals surface area contributed by atoms with Crippen LogP contribution in [-0.2, 0) is 17.6 Å². The van der Waals surface area contributed by atoms with E-state index in [-0.39, 0.29) is 5.91 Å². The van der Waals surface area contributed by atoms with Gasteiger partial charge in [-0.15, -0.1) is 0 Å². The van der Waals surface area contributed by atoms with E-state index in [1.807, 2.05) is 29.2 Å². The Morgan fingerprint density at radius 3 is 2.70 bits per heavy atom. The average Bonchev–Trinajstić information content (AvgIpc) is 2.87. The molecule has 20 heavy (non-hydrogen) atoms. The van der Waals surface area contributed by atoms with Gasteiger partial charge < -0.3 is 4.90 Å². The lowest BCUT2D eigenvalue weighted by atomic mass is 10.1. The third-order valence-electron chi connectivity index (χ3n) is 3.77. The summed E-state index contributed by atoms with van der Waals surface area (Å²) in [6, 6.07) is 14.2. The highest BCUT2D eigenvalue weighted by Gasteiger charge is 2.25. The van der Waals surface area contributed by atoms with Crippen LogP contribution in [-0.4, -0.2) is 12.5 Å². The number of carbonyl (C=O) groups excluding carboxylic acids is 1. The van der Waals surface area contributed by atoms with Crippen LogP contribution in [0.15, 0.2) is 46.9 Å². The zero-order valence-electron chi connectivity index (χ0n) is 11.4. The fourth-order valence-corrected chi connectivity index (χ4v) is 3.04. The molecule has 0 saturated carbocycles. The monoisotopic (exact) mass is 329 g/mol. The Bertz CT molecular complexity index is 649. The Kier molecular flexibility index (Phi) is 3.62. The molecule has 0 bridgehead atoms. The van der Waals surface area contributed by atoms with Gasteiger partial charge in [-0.2, -0.15) is 0 Å². The third kappa shape index (κ3) is 2.50. The van der Waals surface area contributed by atoms with Crippen LogP contribution >= 0.6 is 15.9 Å². The van der Waals surface area contributed by atoms with E-state index in [0.29, 0.717) is 6.42 Å². The molecule has 3 heteroatoms. The Labute approximate surface area is 127 Å². The molecule has 0 unspecified atom stereocenters. The smallest absolute Gasteiger partial charge is 0.231 e. The number of aryl methyl sites for hydroxylation is 1. The SMILES string of the molecule is Cc1cccc2c1N(C(=O)Cc1ccc(Br)cc1)CC2. The molecule has 1 heterocycles. The Balaban J connectivity index is 1.82. The van der Waals surface area contributed by atoms with E-state index in [1.54, 1.807) is 0 Å². The number of anilines is 1. The van der Waals surface area contributed by atoms with Crippen molar-refractivity contribution in [2.75, 3.05) is 11.4 Å². The van der Waals surface area contributed by atoms with E-state index in [2.05, 4.69) is 41.1 Å². The Morgan fingerprint density at radius 1 is 1.20 bits per heavy atom. The Morgan fingerprint density at radius 2 is 1.95 bits per heavy atom. The highest BCUT2D eigenvalue weighted by atomic mass is 79.9. The second kappa shape index (κ2) is 5.41. The first-order chi connectivity index (χ1) is 9.65. The molecule has 3 rings (SSSR count). The van der Waals surface area contributed by atoms with Crippen molar-refractivity contribution in [3.63, 3.8) is 0 Å². The van der Waals surface area contributed by atoms with Crippen molar-refractivity contribution >= 4 is 27.5 Å². The lowest BCUT2D eigenvalue weighted by Gasteiger charge is -2.19. The number of hydrogen-bond donors (Lipinski definition) is 0. The maximum atomic E-state index is 12.5. The molecule has 0 aromatic heterocycles. The van der Waals surface area contributed by atoms with Crippen LogP contribution in [0, 0.1) is 6.92 Å². The van der Waals surface area contributed by atoms with Crippen LogP contribution in [0.25, 0.3) is 0 Å². The standard InChI is InChI=1S/C17H16BrNO/c1-12-3-2-4-14-9-10-19(17(12)14)16(20)11-13-5-7-15(18)8-6-13/h2-8H,9-11H2,1H3. The van der Waals surface area contributed by atoms with Crippen LogP contribution in [0.5, 0.6) is 0 Å². The van der Waals surface area contributed by atoms with Crippen LogP contribution in [0.4, 0.5) is 5.69 Å². The first kappa shape index (κ1) is 13.4. The molecule has 2 aromatic rings. The minimum absolute atomic E-state index is 0.181. The molecule has 1 aliphatic heterocycles. The van der Waals surface area contributed by atoms with Crippen molar-refractivity contribution in [2.45, 2.75) is 19.8 Å². The fourth-order valence-electron chi connectivity index (χ4n) is 2.77. The number of halogens is 1. The van der Waals surface area contributed by atoms with Crippen molar-refractivity contribution < 1.29 is 4.79 Å². The quantitative estimate of drug-likeness (QED) is 0.818. The van der Waals surface area contributed by atoms with Gasteiger partial charge in [-0.1, -0.05) is 46.3 Å². The number of rotatable bonds is 2. The van der Waals surface area contributed by atoms with Gasteiger partial charge in [-0.05, 0) is 42.2 Å². The van der Waals surface area contributed by atoms with Crippen LogP contribution in [0.1, 0.15) is 16.7 Å². The van der Waals surface area contributed by atoms with Crippen molar-refractivity contribution in [1.29, 1.82) is 0 Å². The van der Waals surface area contributed by atoms with Crippen molar-refractivity contribution in [3.05, 3.63) is 63.6 Å². The summed E-state index contributed by atoms with van der Waals surface area (Å²) >= 11 is 3.41. The molecule has 0 fully saturated rings. The van der Waals surface area contributed by atoms with Gasteiger partial charge in [0.05, 0.1) is 6.42 Å². The minimum Gasteiger partial charge on any atom is -0.311 e. The fraction of sp³-hybridized carbons (Fsp3) is 0.235. The van der Waals surface area contributed by atoms with Gasteiger partial charge in [0.1, 0.15) is 0 Å². The van der Waals surface area contributed by atoms with Gasteiger partial charge in [0.15, 0.2) is 0 Å². The number of fused-ring (bicyclic) bond motifs is 1. The molecule has 0 aliphatic carbocycles. The summed E-state index contributed by atoms with van der Waals surface area (Å²) in [5, 5.41) is 0. The molecule has 2 nitrogen and oxygen atoms in total. The maximum Gasteiger partial charge on any atom is 0.231 e. The summed E-state index contributed by atoms with van der Waals surface area (Å²) in [6.45, 7) is 2.87. The molecule has 1 amide bonds. The first-order valence-corrected chi connectivity index (χ1v) is 7.58. The normalized spacial score (nSPS) is 13.4. The largest absolute Gasteiger partial charge is 0.311 e. The molecular weight excluding hydrogens is 314 g/mol. The van der Waals surface area contributed by atoms with Crippen molar-refractivity contribution in [1.82, 2.24) is 0 Å². The lowest BCUT2D eigenvalue weighted by molar-refractivity contribution is -0.117. The van der Waals surface area contributed by atoms with Crippen LogP contribution in [0.2, 0.25) is 0 Å². The van der Waals surface area contributed by atoms with Gasteiger partial charge in [0.25, 0.3) is 0 Å². The molecular formula is C17H16BrNO. The number of carbonyl (C=O) groups is 1. The molecule has 1 aliphatic rings. The van der Waals surface area contributed by atoms with Gasteiger partial charge >= 0.3 is 0 Å². The summed E-state index contributed by atoms with van der Waals surface area (Å²) in [5.41, 5.74) is 4.65.